The summed E-state index contributed by atoms with van der Waals surface area (Å²) >= 11 is 2.18. The zero-order chi connectivity index (χ0) is 10.4. The van der Waals surface area contributed by atoms with Crippen LogP contribution >= 0.6 is 22.6 Å². The molecule has 74 valence electrons. The van der Waals surface area contributed by atoms with E-state index in [0.29, 0.717) is 18.5 Å². The van der Waals surface area contributed by atoms with Crippen molar-refractivity contribution in [2.24, 2.45) is 0 Å². The fraction of sp³-hybridized carbons (Fsp3) is 0.200. The van der Waals surface area contributed by atoms with Gasteiger partial charge in [0.1, 0.15) is 6.29 Å². The molecule has 0 saturated carbocycles. The molecule has 0 spiro atoms. The third-order valence-electron chi connectivity index (χ3n) is 1.65. The van der Waals surface area contributed by atoms with Gasteiger partial charge in [-0.3, -0.25) is 4.79 Å². The minimum Gasteiger partial charge on any atom is -0.352 e. The fourth-order valence-electron chi connectivity index (χ4n) is 0.948. The zero-order valence-corrected chi connectivity index (χ0v) is 9.65. The molecular formula is C10H10INO2. The van der Waals surface area contributed by atoms with Gasteiger partial charge in [-0.15, -0.1) is 0 Å². The van der Waals surface area contributed by atoms with E-state index in [1.54, 1.807) is 12.1 Å². The van der Waals surface area contributed by atoms with Crippen molar-refractivity contribution in [2.45, 2.75) is 6.42 Å². The third kappa shape index (κ3) is 3.45. The Bertz CT molecular complexity index is 321. The Balaban J connectivity index is 2.52. The molecule has 14 heavy (non-hydrogen) atoms. The maximum atomic E-state index is 11.4. The van der Waals surface area contributed by atoms with Crippen LogP contribution in [0.2, 0.25) is 0 Å². The number of carbonyl (C=O) groups excluding carboxylic acids is 2. The van der Waals surface area contributed by atoms with E-state index in [0.717, 1.165) is 9.86 Å². The second-order valence-corrected chi connectivity index (χ2v) is 3.96. The van der Waals surface area contributed by atoms with E-state index in [-0.39, 0.29) is 5.91 Å². The molecule has 0 aliphatic rings. The Kier molecular flexibility index (Phi) is 4.58. The first kappa shape index (κ1) is 11.2. The minimum atomic E-state index is -0.136. The summed E-state index contributed by atoms with van der Waals surface area (Å²) in [5.41, 5.74) is 0.622. The Hall–Kier alpha value is -0.910. The van der Waals surface area contributed by atoms with Gasteiger partial charge >= 0.3 is 0 Å². The highest BCUT2D eigenvalue weighted by Crippen LogP contribution is 2.06. The highest BCUT2D eigenvalue weighted by atomic mass is 127. The number of rotatable bonds is 4. The number of benzene rings is 1. The lowest BCUT2D eigenvalue weighted by molar-refractivity contribution is -0.107. The zero-order valence-electron chi connectivity index (χ0n) is 7.50. The number of amides is 1. The van der Waals surface area contributed by atoms with Crippen molar-refractivity contribution in [1.82, 2.24) is 5.32 Å². The maximum Gasteiger partial charge on any atom is 0.251 e. The van der Waals surface area contributed by atoms with E-state index in [2.05, 4.69) is 27.9 Å². The number of aldehydes is 1. The molecule has 0 atom stereocenters. The van der Waals surface area contributed by atoms with Gasteiger partial charge in [-0.2, -0.15) is 0 Å². The minimum absolute atomic E-state index is 0.136. The van der Waals surface area contributed by atoms with Gasteiger partial charge in [-0.05, 0) is 46.9 Å². The first-order chi connectivity index (χ1) is 6.74. The van der Waals surface area contributed by atoms with Gasteiger partial charge < -0.3 is 10.1 Å². The Morgan fingerprint density at radius 2 is 2.00 bits per heavy atom. The Labute approximate surface area is 96.0 Å². The SMILES string of the molecule is O=CCCNC(=O)c1ccc(I)cc1. The summed E-state index contributed by atoms with van der Waals surface area (Å²) in [6.45, 7) is 0.397. The second kappa shape index (κ2) is 5.74. The summed E-state index contributed by atoms with van der Waals surface area (Å²) in [5.74, 6) is -0.136. The summed E-state index contributed by atoms with van der Waals surface area (Å²) in [7, 11) is 0. The van der Waals surface area contributed by atoms with Crippen LogP contribution < -0.4 is 5.32 Å². The first-order valence-corrected chi connectivity index (χ1v) is 5.29. The average molecular weight is 303 g/mol. The van der Waals surface area contributed by atoms with Gasteiger partial charge in [0.15, 0.2) is 0 Å². The third-order valence-corrected chi connectivity index (χ3v) is 2.37. The van der Waals surface area contributed by atoms with Crippen LogP contribution in [0, 0.1) is 3.57 Å². The van der Waals surface area contributed by atoms with Crippen molar-refractivity contribution in [1.29, 1.82) is 0 Å². The topological polar surface area (TPSA) is 46.2 Å². The molecule has 1 amide bonds. The van der Waals surface area contributed by atoms with E-state index < -0.39 is 0 Å². The van der Waals surface area contributed by atoms with E-state index in [9.17, 15) is 9.59 Å². The van der Waals surface area contributed by atoms with Crippen molar-refractivity contribution in [3.8, 4) is 0 Å². The number of hydrogen-bond acceptors (Lipinski definition) is 2. The average Bonchev–Trinajstić information content (AvgIpc) is 2.19. The van der Waals surface area contributed by atoms with Crippen molar-refractivity contribution in [3.05, 3.63) is 33.4 Å². The molecule has 0 fully saturated rings. The van der Waals surface area contributed by atoms with Gasteiger partial charge in [0, 0.05) is 22.1 Å². The Morgan fingerprint density at radius 1 is 1.36 bits per heavy atom. The van der Waals surface area contributed by atoms with Crippen LogP contribution in [0.4, 0.5) is 0 Å². The molecule has 0 aromatic heterocycles. The van der Waals surface area contributed by atoms with Crippen LogP contribution in [-0.2, 0) is 4.79 Å². The van der Waals surface area contributed by atoms with Crippen LogP contribution in [0.15, 0.2) is 24.3 Å². The van der Waals surface area contributed by atoms with Crippen LogP contribution in [0.1, 0.15) is 16.8 Å². The van der Waals surface area contributed by atoms with Crippen molar-refractivity contribution < 1.29 is 9.59 Å². The highest BCUT2D eigenvalue weighted by molar-refractivity contribution is 14.1. The lowest BCUT2D eigenvalue weighted by Crippen LogP contribution is -2.24. The van der Waals surface area contributed by atoms with Crippen LogP contribution in [0.3, 0.4) is 0 Å². The molecule has 0 radical (unpaired) electrons. The van der Waals surface area contributed by atoms with Crippen molar-refractivity contribution in [3.63, 3.8) is 0 Å². The predicted molar refractivity (Wildman–Crippen MR) is 62.2 cm³/mol. The van der Waals surface area contributed by atoms with E-state index in [1.165, 1.54) is 0 Å². The molecule has 0 heterocycles. The molecule has 3 nitrogen and oxygen atoms in total. The molecule has 1 N–H and O–H groups in total. The second-order valence-electron chi connectivity index (χ2n) is 2.72. The molecule has 1 aromatic rings. The normalized spacial score (nSPS) is 9.50. The van der Waals surface area contributed by atoms with Crippen LogP contribution in [-0.4, -0.2) is 18.7 Å². The lowest BCUT2D eigenvalue weighted by atomic mass is 10.2. The summed E-state index contributed by atoms with van der Waals surface area (Å²) in [5, 5.41) is 2.65. The summed E-state index contributed by atoms with van der Waals surface area (Å²) in [4.78, 5) is 21.4. The molecule has 0 unspecified atom stereocenters. The van der Waals surface area contributed by atoms with Gasteiger partial charge in [0.25, 0.3) is 5.91 Å². The van der Waals surface area contributed by atoms with Gasteiger partial charge in [-0.1, -0.05) is 0 Å². The molecule has 0 aliphatic heterocycles. The van der Waals surface area contributed by atoms with Crippen LogP contribution in [0.25, 0.3) is 0 Å². The Morgan fingerprint density at radius 3 is 2.57 bits per heavy atom. The molecule has 1 aromatic carbocycles. The number of nitrogens with one attached hydrogen (secondary N) is 1. The first-order valence-electron chi connectivity index (χ1n) is 4.21. The van der Waals surface area contributed by atoms with Crippen molar-refractivity contribution >= 4 is 34.8 Å². The molecule has 1 rings (SSSR count). The fourth-order valence-corrected chi connectivity index (χ4v) is 1.31. The van der Waals surface area contributed by atoms with Crippen LogP contribution in [0.5, 0.6) is 0 Å². The predicted octanol–water partition coefficient (Wildman–Crippen LogP) is 1.61. The summed E-state index contributed by atoms with van der Waals surface area (Å²) in [6.07, 6.45) is 1.14. The van der Waals surface area contributed by atoms with E-state index in [1.807, 2.05) is 12.1 Å². The number of hydrogen-bond donors (Lipinski definition) is 1. The van der Waals surface area contributed by atoms with Gasteiger partial charge in [-0.25, -0.2) is 0 Å². The standard InChI is InChI=1S/C10H10INO2/c11-9-4-2-8(3-5-9)10(14)12-6-1-7-13/h2-5,7H,1,6H2,(H,12,14). The molecule has 4 heteroatoms. The van der Waals surface area contributed by atoms with E-state index in [4.69, 9.17) is 0 Å². The lowest BCUT2D eigenvalue weighted by Gasteiger charge is -2.02. The summed E-state index contributed by atoms with van der Waals surface area (Å²) < 4.78 is 1.09. The van der Waals surface area contributed by atoms with E-state index >= 15 is 0 Å². The largest absolute Gasteiger partial charge is 0.352 e. The molecular weight excluding hydrogens is 293 g/mol. The molecule has 0 saturated heterocycles. The maximum absolute atomic E-state index is 11.4. The molecule has 0 bridgehead atoms. The monoisotopic (exact) mass is 303 g/mol. The smallest absolute Gasteiger partial charge is 0.251 e. The summed E-state index contributed by atoms with van der Waals surface area (Å²) in [6, 6.07) is 7.26. The highest BCUT2D eigenvalue weighted by Gasteiger charge is 2.02. The molecule has 0 aliphatic carbocycles. The number of carbonyl (C=O) groups is 2. The quantitative estimate of drug-likeness (QED) is 0.522. The number of halogens is 1. The van der Waals surface area contributed by atoms with Gasteiger partial charge in [0.05, 0.1) is 0 Å². The van der Waals surface area contributed by atoms with Crippen molar-refractivity contribution in [2.75, 3.05) is 6.54 Å². The van der Waals surface area contributed by atoms with Gasteiger partial charge in [0.2, 0.25) is 0 Å².